The van der Waals surface area contributed by atoms with E-state index in [-0.39, 0.29) is 22.5 Å². The first-order chi connectivity index (χ1) is 15.6. The van der Waals surface area contributed by atoms with E-state index in [2.05, 4.69) is 39.6 Å². The number of hydrogen-bond acceptors (Lipinski definition) is 5. The second kappa shape index (κ2) is 8.88. The molecule has 1 aliphatic heterocycles. The number of carbonyl (C=O) groups excluding carboxylic acids is 2. The molecule has 1 fully saturated rings. The van der Waals surface area contributed by atoms with Crippen LogP contribution in [0.5, 0.6) is 5.75 Å². The standard InChI is InChI=1S/C25H21N3O3S/c29-24-23(32-25(30)28-24)13-17-6-9-19(10-7-17)31-22(12-16-4-2-1-3-5-16)18-8-11-20-21(14-18)27-15-26-20/h1-11,14-15,22-23H,12-13H2,(H,26,27)(H,28,29,30). The molecule has 32 heavy (non-hydrogen) atoms. The van der Waals surface area contributed by atoms with Gasteiger partial charge in [-0.15, -0.1) is 0 Å². The number of amides is 2. The first-order valence-electron chi connectivity index (χ1n) is 10.4. The summed E-state index contributed by atoms with van der Waals surface area (Å²) in [4.78, 5) is 30.7. The van der Waals surface area contributed by atoms with Crippen molar-refractivity contribution in [3.8, 4) is 5.75 Å². The molecule has 2 unspecified atom stereocenters. The van der Waals surface area contributed by atoms with Crippen molar-refractivity contribution in [2.45, 2.75) is 24.2 Å². The van der Waals surface area contributed by atoms with E-state index in [1.165, 1.54) is 5.56 Å². The van der Waals surface area contributed by atoms with E-state index < -0.39 is 0 Å². The van der Waals surface area contributed by atoms with Crippen LogP contribution in [0.2, 0.25) is 0 Å². The van der Waals surface area contributed by atoms with E-state index in [0.717, 1.165) is 46.1 Å². The topological polar surface area (TPSA) is 84.1 Å². The van der Waals surface area contributed by atoms with Gasteiger partial charge in [0, 0.05) is 6.42 Å². The van der Waals surface area contributed by atoms with E-state index >= 15 is 0 Å². The summed E-state index contributed by atoms with van der Waals surface area (Å²) in [6.45, 7) is 0. The number of nitrogens with one attached hydrogen (secondary N) is 2. The molecule has 7 heteroatoms. The monoisotopic (exact) mass is 443 g/mol. The minimum absolute atomic E-state index is 0.176. The molecule has 1 aromatic heterocycles. The third-order valence-corrected chi connectivity index (χ3v) is 6.45. The summed E-state index contributed by atoms with van der Waals surface area (Å²) in [5.41, 5.74) is 5.13. The quantitative estimate of drug-likeness (QED) is 0.428. The fraction of sp³-hybridized carbons (Fsp3) is 0.160. The van der Waals surface area contributed by atoms with Gasteiger partial charge in [-0.05, 0) is 47.4 Å². The number of rotatable bonds is 7. The summed E-state index contributed by atoms with van der Waals surface area (Å²) in [7, 11) is 0. The summed E-state index contributed by atoms with van der Waals surface area (Å²) in [5, 5.41) is 1.68. The number of H-pyrrole nitrogens is 1. The molecule has 4 aromatic rings. The van der Waals surface area contributed by atoms with Crippen LogP contribution in [0.25, 0.3) is 11.0 Å². The molecule has 2 N–H and O–H groups in total. The van der Waals surface area contributed by atoms with Crippen molar-refractivity contribution in [2.24, 2.45) is 0 Å². The van der Waals surface area contributed by atoms with Crippen LogP contribution in [0.4, 0.5) is 4.79 Å². The van der Waals surface area contributed by atoms with Gasteiger partial charge in [-0.2, -0.15) is 0 Å². The summed E-state index contributed by atoms with van der Waals surface area (Å²) in [5.74, 6) is 0.524. The molecule has 2 heterocycles. The Morgan fingerprint density at radius 3 is 2.53 bits per heavy atom. The smallest absolute Gasteiger partial charge is 0.286 e. The van der Waals surface area contributed by atoms with Crippen molar-refractivity contribution in [2.75, 3.05) is 0 Å². The maximum Gasteiger partial charge on any atom is 0.286 e. The molecule has 0 bridgehead atoms. The number of imide groups is 1. The fourth-order valence-electron chi connectivity index (χ4n) is 3.82. The lowest BCUT2D eigenvalue weighted by atomic mass is 10.0. The van der Waals surface area contributed by atoms with Crippen LogP contribution in [-0.4, -0.2) is 26.4 Å². The Morgan fingerprint density at radius 2 is 1.78 bits per heavy atom. The highest BCUT2D eigenvalue weighted by atomic mass is 32.2. The third kappa shape index (κ3) is 4.53. The summed E-state index contributed by atoms with van der Waals surface area (Å²) < 4.78 is 6.42. The van der Waals surface area contributed by atoms with Gasteiger partial charge in [0.05, 0.1) is 22.6 Å². The lowest BCUT2D eigenvalue weighted by molar-refractivity contribution is -0.118. The van der Waals surface area contributed by atoms with Gasteiger partial charge in [-0.1, -0.05) is 60.3 Å². The van der Waals surface area contributed by atoms with E-state index in [9.17, 15) is 9.59 Å². The molecule has 1 aliphatic rings. The van der Waals surface area contributed by atoms with E-state index in [4.69, 9.17) is 4.74 Å². The molecule has 0 radical (unpaired) electrons. The summed E-state index contributed by atoms with van der Waals surface area (Å²) in [6.07, 6.45) is 2.75. The number of aromatic nitrogens is 2. The predicted molar refractivity (Wildman–Crippen MR) is 125 cm³/mol. The normalized spacial score (nSPS) is 16.8. The van der Waals surface area contributed by atoms with Crippen molar-refractivity contribution < 1.29 is 14.3 Å². The first kappa shape index (κ1) is 20.3. The molecule has 1 saturated heterocycles. The Morgan fingerprint density at radius 1 is 0.969 bits per heavy atom. The van der Waals surface area contributed by atoms with Crippen molar-refractivity contribution >= 4 is 33.9 Å². The number of imidazole rings is 1. The average molecular weight is 444 g/mol. The highest BCUT2D eigenvalue weighted by molar-refractivity contribution is 8.15. The van der Waals surface area contributed by atoms with Crippen LogP contribution in [0.1, 0.15) is 22.8 Å². The zero-order chi connectivity index (χ0) is 21.9. The summed E-state index contributed by atoms with van der Waals surface area (Å²) in [6, 6.07) is 24.1. The van der Waals surface area contributed by atoms with E-state index in [0.29, 0.717) is 6.42 Å². The number of benzene rings is 3. The van der Waals surface area contributed by atoms with Crippen LogP contribution in [0, 0.1) is 0 Å². The maximum atomic E-state index is 11.8. The molecular weight excluding hydrogens is 422 g/mol. The molecule has 5 rings (SSSR count). The second-order valence-electron chi connectivity index (χ2n) is 7.71. The minimum atomic E-state index is -0.374. The maximum absolute atomic E-state index is 11.8. The van der Waals surface area contributed by atoms with Gasteiger partial charge >= 0.3 is 0 Å². The molecule has 2 amide bonds. The highest BCUT2D eigenvalue weighted by Crippen LogP contribution is 2.29. The Labute approximate surface area is 189 Å². The van der Waals surface area contributed by atoms with Gasteiger partial charge in [0.2, 0.25) is 5.91 Å². The van der Waals surface area contributed by atoms with Gasteiger partial charge in [-0.25, -0.2) is 4.98 Å². The van der Waals surface area contributed by atoms with Crippen molar-refractivity contribution in [1.82, 2.24) is 15.3 Å². The molecule has 0 saturated carbocycles. The number of fused-ring (bicyclic) bond motifs is 1. The van der Waals surface area contributed by atoms with Gasteiger partial charge in [0.25, 0.3) is 5.24 Å². The first-order valence-corrected chi connectivity index (χ1v) is 11.3. The average Bonchev–Trinajstić information content (AvgIpc) is 3.40. The van der Waals surface area contributed by atoms with Gasteiger partial charge in [0.15, 0.2) is 0 Å². The Bertz CT molecular complexity index is 1250. The summed E-state index contributed by atoms with van der Waals surface area (Å²) >= 11 is 1.04. The Balaban J connectivity index is 1.35. The molecule has 6 nitrogen and oxygen atoms in total. The van der Waals surface area contributed by atoms with Crippen LogP contribution >= 0.6 is 11.8 Å². The molecule has 0 spiro atoms. The molecule has 3 aromatic carbocycles. The van der Waals surface area contributed by atoms with Gasteiger partial charge < -0.3 is 9.72 Å². The number of carbonyl (C=O) groups is 2. The molecule has 0 aliphatic carbocycles. The van der Waals surface area contributed by atoms with Crippen molar-refractivity contribution in [3.63, 3.8) is 0 Å². The largest absolute Gasteiger partial charge is 0.485 e. The number of thioether (sulfide) groups is 1. The predicted octanol–water partition coefficient (Wildman–Crippen LogP) is 4.82. The number of nitrogens with zero attached hydrogens (tertiary/aromatic N) is 1. The Kier molecular flexibility index (Phi) is 5.64. The zero-order valence-electron chi connectivity index (χ0n) is 17.2. The van der Waals surface area contributed by atoms with E-state index in [1.54, 1.807) is 6.33 Å². The number of hydrogen-bond donors (Lipinski definition) is 2. The lowest BCUT2D eigenvalue weighted by Crippen LogP contribution is -2.25. The molecule has 160 valence electrons. The lowest BCUT2D eigenvalue weighted by Gasteiger charge is -2.20. The Hall–Kier alpha value is -3.58. The third-order valence-electron chi connectivity index (χ3n) is 5.47. The van der Waals surface area contributed by atoms with Crippen LogP contribution in [0.3, 0.4) is 0 Å². The van der Waals surface area contributed by atoms with Crippen molar-refractivity contribution in [1.29, 1.82) is 0 Å². The van der Waals surface area contributed by atoms with Crippen molar-refractivity contribution in [3.05, 3.63) is 95.8 Å². The van der Waals surface area contributed by atoms with Gasteiger partial charge in [0.1, 0.15) is 11.9 Å². The minimum Gasteiger partial charge on any atom is -0.485 e. The SMILES string of the molecule is O=C1NC(=O)C(Cc2ccc(OC(Cc3ccccc3)c3ccc4nc[nH]c4c3)cc2)S1. The molecular formula is C25H21N3O3S. The van der Waals surface area contributed by atoms with Crippen LogP contribution in [0.15, 0.2) is 79.1 Å². The highest BCUT2D eigenvalue weighted by Gasteiger charge is 2.31. The van der Waals surface area contributed by atoms with E-state index in [1.807, 2.05) is 48.5 Å². The van der Waals surface area contributed by atoms with Gasteiger partial charge in [-0.3, -0.25) is 14.9 Å². The number of aromatic amines is 1. The zero-order valence-corrected chi connectivity index (χ0v) is 18.0. The fourth-order valence-corrected chi connectivity index (χ4v) is 4.68. The molecule has 2 atom stereocenters. The van der Waals surface area contributed by atoms with Crippen LogP contribution in [-0.2, 0) is 17.6 Å². The van der Waals surface area contributed by atoms with Crippen LogP contribution < -0.4 is 10.1 Å². The second-order valence-corrected chi connectivity index (χ2v) is 8.88. The number of ether oxygens (including phenoxy) is 1.